The second-order valence-corrected chi connectivity index (χ2v) is 8.29. The van der Waals surface area contributed by atoms with Gasteiger partial charge in [-0.2, -0.15) is 18.3 Å². The predicted molar refractivity (Wildman–Crippen MR) is 127 cm³/mol. The molecule has 1 aromatic heterocycles. The first-order valence-corrected chi connectivity index (χ1v) is 11.1. The molecule has 0 fully saturated rings. The molecule has 11 heteroatoms. The normalized spacial score (nSPS) is 14.8. The molecule has 4 rings (SSSR count). The van der Waals surface area contributed by atoms with E-state index in [1.54, 1.807) is 0 Å². The third-order valence-corrected chi connectivity index (χ3v) is 5.37. The van der Waals surface area contributed by atoms with Crippen LogP contribution in [0.15, 0.2) is 60.8 Å². The van der Waals surface area contributed by atoms with Crippen molar-refractivity contribution >= 4 is 17.6 Å². The molecule has 2 N–H and O–H groups in total. The molecule has 1 aliphatic heterocycles. The fourth-order valence-corrected chi connectivity index (χ4v) is 3.55. The van der Waals surface area contributed by atoms with Gasteiger partial charge in [0.15, 0.2) is 0 Å². The van der Waals surface area contributed by atoms with Crippen LogP contribution in [0.4, 0.5) is 18.9 Å². The summed E-state index contributed by atoms with van der Waals surface area (Å²) >= 11 is 0. The number of nitrogens with zero attached hydrogens (tertiary/aromatic N) is 3. The number of benzene rings is 2. The molecule has 0 spiro atoms. The molecule has 1 aliphatic rings. The number of alkyl halides is 3. The maximum Gasteiger partial charge on any atom is 0.490 e. The van der Waals surface area contributed by atoms with Crippen LogP contribution in [0.2, 0.25) is 0 Å². The topological polar surface area (TPSA) is 96.7 Å². The lowest BCUT2D eigenvalue weighted by Gasteiger charge is -2.22. The molecule has 0 radical (unpaired) electrons. The van der Waals surface area contributed by atoms with Gasteiger partial charge in [0, 0.05) is 38.1 Å². The van der Waals surface area contributed by atoms with Crippen LogP contribution >= 0.6 is 0 Å². The Morgan fingerprint density at radius 1 is 1.17 bits per heavy atom. The number of aromatic nitrogens is 2. The molecular weight excluding hydrogens is 477 g/mol. The van der Waals surface area contributed by atoms with Crippen LogP contribution in [0, 0.1) is 0 Å². The number of carbonyl (C=O) groups excluding carboxylic acids is 1. The molecule has 192 valence electrons. The quantitative estimate of drug-likeness (QED) is 0.532. The SMILES string of the molecule is CN(C)c1cccc(C(=O)NCC2OCCc3cn(Cc4ccccc4)nc32)c1.O=C(O)C(F)(F)F. The zero-order valence-corrected chi connectivity index (χ0v) is 19.8. The molecule has 0 bridgehead atoms. The standard InChI is InChI=1S/C23H26N4O2.C2HF3O2/c1-26(2)20-10-6-9-18(13-20)23(28)24-14-21-22-19(11-12-29-21)16-27(25-22)15-17-7-4-3-5-8-17;3-2(4,5)1(6)7/h3-10,13,16,21H,11-12,14-15H2,1-2H3,(H,24,28);(H,6,7). The number of halogens is 3. The Morgan fingerprint density at radius 3 is 2.50 bits per heavy atom. The van der Waals surface area contributed by atoms with E-state index in [0.29, 0.717) is 18.7 Å². The van der Waals surface area contributed by atoms with E-state index in [-0.39, 0.29) is 12.0 Å². The minimum Gasteiger partial charge on any atom is -0.475 e. The minimum absolute atomic E-state index is 0.104. The molecule has 8 nitrogen and oxygen atoms in total. The van der Waals surface area contributed by atoms with Crippen LogP contribution in [0.5, 0.6) is 0 Å². The first-order valence-electron chi connectivity index (χ1n) is 11.1. The monoisotopic (exact) mass is 504 g/mol. The summed E-state index contributed by atoms with van der Waals surface area (Å²) in [6.07, 6.45) is -2.36. The van der Waals surface area contributed by atoms with E-state index in [1.807, 2.05) is 66.1 Å². The number of hydrogen-bond acceptors (Lipinski definition) is 5. The van der Waals surface area contributed by atoms with Gasteiger partial charge in [-0.15, -0.1) is 0 Å². The van der Waals surface area contributed by atoms with Crippen LogP contribution in [0.1, 0.15) is 33.3 Å². The molecule has 36 heavy (non-hydrogen) atoms. The summed E-state index contributed by atoms with van der Waals surface area (Å²) in [5, 5.41) is 14.9. The van der Waals surface area contributed by atoms with E-state index in [0.717, 1.165) is 24.3 Å². The Morgan fingerprint density at radius 2 is 1.86 bits per heavy atom. The Kier molecular flexibility index (Phi) is 8.70. The Hall–Kier alpha value is -3.86. The molecule has 1 atom stereocenters. The largest absolute Gasteiger partial charge is 0.490 e. The van der Waals surface area contributed by atoms with Crippen LogP contribution in [-0.2, 0) is 22.5 Å². The summed E-state index contributed by atoms with van der Waals surface area (Å²) in [5.41, 5.74) is 4.96. The van der Waals surface area contributed by atoms with Gasteiger partial charge in [0.2, 0.25) is 0 Å². The smallest absolute Gasteiger partial charge is 0.475 e. The van der Waals surface area contributed by atoms with Gasteiger partial charge >= 0.3 is 12.1 Å². The lowest BCUT2D eigenvalue weighted by Crippen LogP contribution is -2.32. The van der Waals surface area contributed by atoms with Crippen LogP contribution < -0.4 is 10.2 Å². The van der Waals surface area contributed by atoms with Crippen molar-refractivity contribution in [3.05, 3.63) is 83.2 Å². The van der Waals surface area contributed by atoms with Gasteiger partial charge in [0.05, 0.1) is 18.8 Å². The molecular formula is C25H27F3N4O4. The van der Waals surface area contributed by atoms with Gasteiger partial charge in [-0.05, 0) is 35.7 Å². The van der Waals surface area contributed by atoms with Crippen molar-refractivity contribution in [3.8, 4) is 0 Å². The number of nitrogens with one attached hydrogen (secondary N) is 1. The fraction of sp³-hybridized carbons (Fsp3) is 0.320. The average molecular weight is 505 g/mol. The maximum atomic E-state index is 12.6. The number of carboxylic acids is 1. The number of aliphatic carboxylic acids is 1. The van der Waals surface area contributed by atoms with Crippen LogP contribution in [0.3, 0.4) is 0 Å². The molecule has 0 saturated carbocycles. The molecule has 1 unspecified atom stereocenters. The number of ether oxygens (including phenoxy) is 1. The summed E-state index contributed by atoms with van der Waals surface area (Å²) in [4.78, 5) is 23.5. The van der Waals surface area contributed by atoms with E-state index >= 15 is 0 Å². The second kappa shape index (κ2) is 11.7. The summed E-state index contributed by atoms with van der Waals surface area (Å²) in [5.74, 6) is -2.86. The molecule has 1 amide bonds. The Bertz CT molecular complexity index is 1180. The van der Waals surface area contributed by atoms with Gasteiger partial charge in [0.1, 0.15) is 6.10 Å². The van der Waals surface area contributed by atoms with Crippen molar-refractivity contribution in [1.29, 1.82) is 0 Å². The van der Waals surface area contributed by atoms with Crippen molar-refractivity contribution in [2.45, 2.75) is 25.2 Å². The highest BCUT2D eigenvalue weighted by molar-refractivity contribution is 5.95. The van der Waals surface area contributed by atoms with Crippen LogP contribution in [0.25, 0.3) is 0 Å². The van der Waals surface area contributed by atoms with Crippen molar-refractivity contribution < 1.29 is 32.6 Å². The zero-order chi connectivity index (χ0) is 26.3. The van der Waals surface area contributed by atoms with Crippen LogP contribution in [-0.4, -0.2) is 60.2 Å². The summed E-state index contributed by atoms with van der Waals surface area (Å²) < 4.78 is 39.6. The summed E-state index contributed by atoms with van der Waals surface area (Å²) in [6, 6.07) is 17.8. The third kappa shape index (κ3) is 7.32. The second-order valence-electron chi connectivity index (χ2n) is 8.29. The van der Waals surface area contributed by atoms with E-state index < -0.39 is 12.1 Å². The number of amides is 1. The average Bonchev–Trinajstić information content (AvgIpc) is 3.26. The number of rotatable bonds is 6. The zero-order valence-electron chi connectivity index (χ0n) is 19.8. The highest BCUT2D eigenvalue weighted by Gasteiger charge is 2.38. The highest BCUT2D eigenvalue weighted by atomic mass is 19.4. The van der Waals surface area contributed by atoms with E-state index in [2.05, 4.69) is 23.6 Å². The predicted octanol–water partition coefficient (Wildman–Crippen LogP) is 3.67. The molecule has 0 aliphatic carbocycles. The summed E-state index contributed by atoms with van der Waals surface area (Å²) in [6.45, 7) is 1.77. The van der Waals surface area contributed by atoms with Crippen molar-refractivity contribution in [2.24, 2.45) is 0 Å². The highest BCUT2D eigenvalue weighted by Crippen LogP contribution is 2.25. The number of anilines is 1. The number of hydrogen-bond donors (Lipinski definition) is 2. The minimum atomic E-state index is -5.08. The third-order valence-electron chi connectivity index (χ3n) is 5.37. The van der Waals surface area contributed by atoms with Gasteiger partial charge in [-0.25, -0.2) is 4.79 Å². The number of carbonyl (C=O) groups is 2. The Balaban J connectivity index is 0.000000454. The van der Waals surface area contributed by atoms with E-state index in [1.165, 1.54) is 11.1 Å². The molecule has 2 heterocycles. The number of fused-ring (bicyclic) bond motifs is 1. The molecule has 3 aromatic rings. The lowest BCUT2D eigenvalue weighted by molar-refractivity contribution is -0.192. The van der Waals surface area contributed by atoms with Gasteiger partial charge in [-0.1, -0.05) is 36.4 Å². The first-order chi connectivity index (χ1) is 17.0. The van der Waals surface area contributed by atoms with Crippen molar-refractivity contribution in [2.75, 3.05) is 32.1 Å². The molecule has 2 aromatic carbocycles. The fourth-order valence-electron chi connectivity index (χ4n) is 3.55. The first kappa shape index (κ1) is 26.7. The lowest BCUT2D eigenvalue weighted by atomic mass is 10.1. The van der Waals surface area contributed by atoms with E-state index in [9.17, 15) is 18.0 Å². The van der Waals surface area contributed by atoms with Gasteiger partial charge < -0.3 is 20.1 Å². The van der Waals surface area contributed by atoms with Crippen molar-refractivity contribution in [1.82, 2.24) is 15.1 Å². The van der Waals surface area contributed by atoms with Gasteiger partial charge in [0.25, 0.3) is 5.91 Å². The maximum absolute atomic E-state index is 12.6. The number of carboxylic acid groups (broad SMARTS) is 1. The van der Waals surface area contributed by atoms with Gasteiger partial charge in [-0.3, -0.25) is 9.48 Å². The summed E-state index contributed by atoms with van der Waals surface area (Å²) in [7, 11) is 3.92. The van der Waals surface area contributed by atoms with Crippen molar-refractivity contribution in [3.63, 3.8) is 0 Å². The van der Waals surface area contributed by atoms with E-state index in [4.69, 9.17) is 19.7 Å². The molecule has 0 saturated heterocycles. The Labute approximate surface area is 206 Å².